The molecule has 0 saturated carbocycles. The van der Waals surface area contributed by atoms with Crippen molar-refractivity contribution >= 4 is 20.7 Å². The van der Waals surface area contributed by atoms with Crippen LogP contribution in [0.3, 0.4) is 0 Å². The summed E-state index contributed by atoms with van der Waals surface area (Å²) in [5.74, 6) is -2.66. The van der Waals surface area contributed by atoms with Gasteiger partial charge in [0, 0.05) is 19.8 Å². The SMILES string of the molecule is CCC/C(C(=O)O)=C(/C(=O)O)[Si](OCC)(OCC)OCC. The topological polar surface area (TPSA) is 102 Å². The molecule has 122 valence electrons. The van der Waals surface area contributed by atoms with Crippen molar-refractivity contribution in [1.29, 1.82) is 0 Å². The highest BCUT2D eigenvalue weighted by atomic mass is 28.4. The van der Waals surface area contributed by atoms with Gasteiger partial charge in [-0.1, -0.05) is 13.3 Å². The van der Waals surface area contributed by atoms with Crippen LogP contribution >= 0.6 is 0 Å². The van der Waals surface area contributed by atoms with E-state index >= 15 is 0 Å². The van der Waals surface area contributed by atoms with E-state index in [9.17, 15) is 19.8 Å². The second-order valence-corrected chi connectivity index (χ2v) is 6.55. The van der Waals surface area contributed by atoms with E-state index in [1.807, 2.05) is 0 Å². The van der Waals surface area contributed by atoms with Crippen molar-refractivity contribution in [2.45, 2.75) is 40.5 Å². The van der Waals surface area contributed by atoms with E-state index in [1.165, 1.54) is 0 Å². The molecule has 0 unspecified atom stereocenters. The molecule has 0 aliphatic rings. The first-order chi connectivity index (χ1) is 9.90. The zero-order valence-corrected chi connectivity index (χ0v) is 14.0. The molecule has 0 saturated heterocycles. The van der Waals surface area contributed by atoms with Crippen molar-refractivity contribution in [2.24, 2.45) is 0 Å². The van der Waals surface area contributed by atoms with Crippen molar-refractivity contribution in [3.05, 3.63) is 10.8 Å². The van der Waals surface area contributed by atoms with E-state index in [0.29, 0.717) is 6.42 Å². The fourth-order valence-corrected chi connectivity index (χ4v) is 4.63. The van der Waals surface area contributed by atoms with E-state index < -0.39 is 20.7 Å². The Morgan fingerprint density at radius 2 is 1.29 bits per heavy atom. The third-order valence-electron chi connectivity index (χ3n) is 2.58. The van der Waals surface area contributed by atoms with Crippen molar-refractivity contribution in [2.75, 3.05) is 19.8 Å². The third-order valence-corrected chi connectivity index (χ3v) is 5.72. The maximum Gasteiger partial charge on any atom is 0.545 e. The predicted octanol–water partition coefficient (Wildman–Crippen LogP) is 1.84. The quantitative estimate of drug-likeness (QED) is 0.442. The highest BCUT2D eigenvalue weighted by Crippen LogP contribution is 2.26. The summed E-state index contributed by atoms with van der Waals surface area (Å²) in [5.41, 5.74) is -0.216. The number of hydrogen-bond acceptors (Lipinski definition) is 5. The van der Waals surface area contributed by atoms with E-state index in [4.69, 9.17) is 13.3 Å². The van der Waals surface area contributed by atoms with E-state index in [-0.39, 0.29) is 37.0 Å². The number of aliphatic carboxylic acids is 2. The smallest absolute Gasteiger partial charge is 0.478 e. The Morgan fingerprint density at radius 1 is 0.857 bits per heavy atom. The molecule has 7 nitrogen and oxygen atoms in total. The summed E-state index contributed by atoms with van der Waals surface area (Å²) < 4.78 is 16.5. The average molecular weight is 320 g/mol. The minimum atomic E-state index is -3.75. The van der Waals surface area contributed by atoms with Crippen LogP contribution in [0.5, 0.6) is 0 Å². The Labute approximate surface area is 125 Å². The lowest BCUT2D eigenvalue weighted by Crippen LogP contribution is -2.51. The molecule has 0 aliphatic carbocycles. The van der Waals surface area contributed by atoms with Crippen molar-refractivity contribution in [3.8, 4) is 0 Å². The Morgan fingerprint density at radius 3 is 1.52 bits per heavy atom. The molecule has 0 heterocycles. The van der Waals surface area contributed by atoms with Crippen LogP contribution in [-0.2, 0) is 22.9 Å². The number of carboxylic acid groups (broad SMARTS) is 2. The van der Waals surface area contributed by atoms with Gasteiger partial charge in [-0.2, -0.15) is 0 Å². The minimum absolute atomic E-state index is 0.110. The van der Waals surface area contributed by atoms with Crippen LogP contribution in [0.25, 0.3) is 0 Å². The zero-order chi connectivity index (χ0) is 16.5. The molecule has 0 atom stereocenters. The molecule has 0 spiro atoms. The number of carbonyl (C=O) groups is 2. The molecule has 0 rings (SSSR count). The maximum absolute atomic E-state index is 11.7. The summed E-state index contributed by atoms with van der Waals surface area (Å²) in [7, 11) is -3.75. The van der Waals surface area contributed by atoms with E-state index in [2.05, 4.69) is 0 Å². The highest BCUT2D eigenvalue weighted by molar-refractivity contribution is 6.74. The average Bonchev–Trinajstić information content (AvgIpc) is 2.38. The van der Waals surface area contributed by atoms with E-state index in [1.54, 1.807) is 27.7 Å². The minimum Gasteiger partial charge on any atom is -0.478 e. The molecule has 0 aromatic carbocycles. The van der Waals surface area contributed by atoms with Gasteiger partial charge in [0.25, 0.3) is 0 Å². The molecule has 0 radical (unpaired) electrons. The molecule has 0 fully saturated rings. The molecular weight excluding hydrogens is 296 g/mol. The second kappa shape index (κ2) is 9.67. The maximum atomic E-state index is 11.7. The molecule has 0 amide bonds. The molecule has 0 bridgehead atoms. The lowest BCUT2D eigenvalue weighted by molar-refractivity contribution is -0.136. The third kappa shape index (κ3) is 5.23. The van der Waals surface area contributed by atoms with Crippen molar-refractivity contribution in [3.63, 3.8) is 0 Å². The Bertz CT molecular complexity index is 375. The fourth-order valence-electron chi connectivity index (χ4n) is 1.95. The summed E-state index contributed by atoms with van der Waals surface area (Å²) in [4.78, 5) is 23.1. The van der Waals surface area contributed by atoms with Gasteiger partial charge in [-0.3, -0.25) is 0 Å². The van der Waals surface area contributed by atoms with Crippen LogP contribution in [-0.4, -0.2) is 50.8 Å². The zero-order valence-electron chi connectivity index (χ0n) is 13.0. The van der Waals surface area contributed by atoms with Crippen molar-refractivity contribution < 1.29 is 33.1 Å². The van der Waals surface area contributed by atoms with Crippen LogP contribution in [0.1, 0.15) is 40.5 Å². The van der Waals surface area contributed by atoms with Crippen LogP contribution < -0.4 is 0 Å². The lowest BCUT2D eigenvalue weighted by Gasteiger charge is -2.29. The molecule has 0 aromatic heterocycles. The number of hydrogen-bond donors (Lipinski definition) is 2. The Hall–Kier alpha value is -1.22. The summed E-state index contributed by atoms with van der Waals surface area (Å²) >= 11 is 0. The predicted molar refractivity (Wildman–Crippen MR) is 77.8 cm³/mol. The Balaban J connectivity index is 6.19. The standard InChI is InChI=1S/C13H24O7Si/c1-5-9-10(12(14)15)11(13(16)17)21(18-6-2,19-7-3)20-8-4/h5-9H2,1-4H3,(H,14,15)(H,16,17)/b11-10+. The van der Waals surface area contributed by atoms with Gasteiger partial charge in [0.05, 0.1) is 5.57 Å². The van der Waals surface area contributed by atoms with Gasteiger partial charge in [0.1, 0.15) is 5.20 Å². The van der Waals surface area contributed by atoms with Crippen LogP contribution in [0, 0.1) is 0 Å². The van der Waals surface area contributed by atoms with Gasteiger partial charge >= 0.3 is 20.7 Å². The molecular formula is C13H24O7Si. The largest absolute Gasteiger partial charge is 0.545 e. The van der Waals surface area contributed by atoms with Gasteiger partial charge in [-0.05, 0) is 27.2 Å². The van der Waals surface area contributed by atoms with E-state index in [0.717, 1.165) is 0 Å². The monoisotopic (exact) mass is 320 g/mol. The summed E-state index contributed by atoms with van der Waals surface area (Å²) in [6.45, 7) is 7.32. The first-order valence-corrected chi connectivity index (χ1v) is 8.74. The van der Waals surface area contributed by atoms with Gasteiger partial charge in [-0.15, -0.1) is 0 Å². The molecule has 0 aliphatic heterocycles. The molecule has 21 heavy (non-hydrogen) atoms. The number of rotatable bonds is 11. The second-order valence-electron chi connectivity index (χ2n) is 4.07. The van der Waals surface area contributed by atoms with Crippen LogP contribution in [0.15, 0.2) is 10.8 Å². The normalized spacial score (nSPS) is 13.0. The molecule has 0 aromatic rings. The van der Waals surface area contributed by atoms with Gasteiger partial charge in [0.2, 0.25) is 0 Å². The highest BCUT2D eigenvalue weighted by Gasteiger charge is 2.51. The van der Waals surface area contributed by atoms with Gasteiger partial charge < -0.3 is 23.5 Å². The molecule has 8 heteroatoms. The first kappa shape index (κ1) is 19.8. The summed E-state index contributed by atoms with van der Waals surface area (Å²) in [6, 6.07) is 0. The van der Waals surface area contributed by atoms with Gasteiger partial charge in [-0.25, -0.2) is 9.59 Å². The summed E-state index contributed by atoms with van der Waals surface area (Å²) in [6.07, 6.45) is 0.603. The Kier molecular flexibility index (Phi) is 9.10. The fraction of sp³-hybridized carbons (Fsp3) is 0.692. The van der Waals surface area contributed by atoms with Crippen LogP contribution in [0.2, 0.25) is 0 Å². The first-order valence-electron chi connectivity index (χ1n) is 7.02. The number of carboxylic acids is 2. The molecule has 2 N–H and O–H groups in total. The van der Waals surface area contributed by atoms with Crippen LogP contribution in [0.4, 0.5) is 0 Å². The van der Waals surface area contributed by atoms with Crippen molar-refractivity contribution in [1.82, 2.24) is 0 Å². The summed E-state index contributed by atoms with van der Waals surface area (Å²) in [5, 5.41) is 18.5. The van der Waals surface area contributed by atoms with Gasteiger partial charge in [0.15, 0.2) is 0 Å². The lowest BCUT2D eigenvalue weighted by atomic mass is 10.1.